The molecule has 2 rings (SSSR count). The Bertz CT molecular complexity index is 680. The number of para-hydroxylation sites is 1. The van der Waals surface area contributed by atoms with Gasteiger partial charge in [0.15, 0.2) is 0 Å². The van der Waals surface area contributed by atoms with E-state index < -0.39 is 0 Å². The minimum Gasteiger partial charge on any atom is -0.488 e. The topological polar surface area (TPSA) is 35.5 Å². The van der Waals surface area contributed by atoms with Crippen LogP contribution in [0.5, 0.6) is 11.5 Å². The Morgan fingerprint density at radius 1 is 1.00 bits per heavy atom. The largest absolute Gasteiger partial charge is 0.488 e. The smallest absolute Gasteiger partial charge is 0.372 e. The molecule has 0 bridgehead atoms. The first-order valence-electron chi connectivity index (χ1n) is 7.05. The van der Waals surface area contributed by atoms with Crippen molar-refractivity contribution in [3.63, 3.8) is 0 Å². The lowest BCUT2D eigenvalue weighted by molar-refractivity contribution is 0.225. The van der Waals surface area contributed by atoms with E-state index in [0.717, 1.165) is 28.6 Å². The summed E-state index contributed by atoms with van der Waals surface area (Å²) in [6, 6.07) is 11.6. The molecule has 0 atom stereocenters. The Labute approximate surface area is 135 Å². The molecular formula is C18H20O3S. The number of benzene rings is 2. The van der Waals surface area contributed by atoms with Crippen LogP contribution in [-0.2, 0) is 6.61 Å². The normalized spacial score (nSPS) is 10.4. The average Bonchev–Trinajstić information content (AvgIpc) is 2.50. The number of hydrogen-bond donors (Lipinski definition) is 0. The highest BCUT2D eigenvalue weighted by Gasteiger charge is 2.09. The fourth-order valence-corrected chi connectivity index (χ4v) is 2.27. The molecule has 116 valence electrons. The zero-order valence-electron chi connectivity index (χ0n) is 13.3. The third kappa shape index (κ3) is 4.04. The van der Waals surface area contributed by atoms with Crippen LogP contribution in [0.25, 0.3) is 0 Å². The Morgan fingerprint density at radius 2 is 1.68 bits per heavy atom. The van der Waals surface area contributed by atoms with Crippen LogP contribution in [0.3, 0.4) is 0 Å². The van der Waals surface area contributed by atoms with Crippen molar-refractivity contribution in [1.29, 1.82) is 0 Å². The van der Waals surface area contributed by atoms with E-state index >= 15 is 0 Å². The zero-order chi connectivity index (χ0) is 16.1. The molecule has 0 aliphatic heterocycles. The molecular weight excluding hydrogens is 296 g/mol. The highest BCUT2D eigenvalue weighted by molar-refractivity contribution is 8.12. The Balaban J connectivity index is 2.15. The molecule has 0 fully saturated rings. The first-order chi connectivity index (χ1) is 10.5. The molecule has 0 unspecified atom stereocenters. The van der Waals surface area contributed by atoms with Crippen LogP contribution < -0.4 is 9.47 Å². The van der Waals surface area contributed by atoms with E-state index in [1.165, 1.54) is 11.1 Å². The van der Waals surface area contributed by atoms with Gasteiger partial charge in [0.1, 0.15) is 18.1 Å². The van der Waals surface area contributed by atoms with E-state index in [-0.39, 0.29) is 5.30 Å². The average molecular weight is 316 g/mol. The van der Waals surface area contributed by atoms with Crippen LogP contribution in [0.4, 0.5) is 4.79 Å². The number of thioether (sulfide) groups is 1. The SMILES string of the molecule is CSC(=O)Oc1ccccc1COc1cc(C)c(C)cc1C. The molecule has 2 aromatic rings. The quantitative estimate of drug-likeness (QED) is 0.739. The van der Waals surface area contributed by atoms with E-state index in [1.807, 2.05) is 31.2 Å². The van der Waals surface area contributed by atoms with E-state index in [1.54, 1.807) is 12.3 Å². The standard InChI is InChI=1S/C18H20O3S/c1-12-9-14(3)17(10-13(12)2)20-11-15-7-5-6-8-16(15)21-18(19)22-4/h5-10H,11H2,1-4H3. The predicted octanol–water partition coefficient (Wildman–Crippen LogP) is 5.05. The Hall–Kier alpha value is -1.94. The van der Waals surface area contributed by atoms with Crippen LogP contribution in [0.1, 0.15) is 22.3 Å². The summed E-state index contributed by atoms with van der Waals surface area (Å²) < 4.78 is 11.2. The molecule has 0 amide bonds. The molecule has 4 heteroatoms. The van der Waals surface area contributed by atoms with Crippen molar-refractivity contribution in [2.24, 2.45) is 0 Å². The third-order valence-electron chi connectivity index (χ3n) is 3.51. The van der Waals surface area contributed by atoms with E-state index in [9.17, 15) is 4.79 Å². The van der Waals surface area contributed by atoms with Gasteiger partial charge in [0.25, 0.3) is 0 Å². The minimum atomic E-state index is -0.324. The van der Waals surface area contributed by atoms with Crippen molar-refractivity contribution in [2.75, 3.05) is 6.26 Å². The van der Waals surface area contributed by atoms with Gasteiger partial charge >= 0.3 is 5.30 Å². The predicted molar refractivity (Wildman–Crippen MR) is 91.0 cm³/mol. The molecule has 0 radical (unpaired) electrons. The molecule has 0 saturated carbocycles. The highest BCUT2D eigenvalue weighted by atomic mass is 32.2. The number of hydrogen-bond acceptors (Lipinski definition) is 4. The molecule has 22 heavy (non-hydrogen) atoms. The molecule has 0 saturated heterocycles. The number of aryl methyl sites for hydroxylation is 3. The number of carbonyl (C=O) groups is 1. The minimum absolute atomic E-state index is 0.324. The van der Waals surface area contributed by atoms with Crippen molar-refractivity contribution in [3.8, 4) is 11.5 Å². The van der Waals surface area contributed by atoms with Gasteiger partial charge in [-0.05, 0) is 67.6 Å². The maximum Gasteiger partial charge on any atom is 0.372 e. The summed E-state index contributed by atoms with van der Waals surface area (Å²) in [7, 11) is 0. The van der Waals surface area contributed by atoms with Gasteiger partial charge in [0.05, 0.1) is 0 Å². The van der Waals surface area contributed by atoms with E-state index in [4.69, 9.17) is 9.47 Å². The van der Waals surface area contributed by atoms with Crippen molar-refractivity contribution < 1.29 is 14.3 Å². The van der Waals surface area contributed by atoms with Gasteiger partial charge in [0.2, 0.25) is 0 Å². The lowest BCUT2D eigenvalue weighted by atomic mass is 10.1. The summed E-state index contributed by atoms with van der Waals surface area (Å²) in [5.74, 6) is 1.40. The van der Waals surface area contributed by atoms with Crippen molar-refractivity contribution in [2.45, 2.75) is 27.4 Å². The van der Waals surface area contributed by atoms with Crippen molar-refractivity contribution in [1.82, 2.24) is 0 Å². The van der Waals surface area contributed by atoms with Gasteiger partial charge in [-0.25, -0.2) is 4.79 Å². The Morgan fingerprint density at radius 3 is 2.41 bits per heavy atom. The summed E-state index contributed by atoms with van der Waals surface area (Å²) in [5, 5.41) is -0.324. The summed E-state index contributed by atoms with van der Waals surface area (Å²) in [6.07, 6.45) is 1.69. The van der Waals surface area contributed by atoms with Gasteiger partial charge in [-0.15, -0.1) is 0 Å². The maximum absolute atomic E-state index is 11.4. The van der Waals surface area contributed by atoms with Gasteiger partial charge in [0, 0.05) is 5.56 Å². The molecule has 0 N–H and O–H groups in total. The lowest BCUT2D eigenvalue weighted by Gasteiger charge is -2.13. The fourth-order valence-electron chi connectivity index (χ4n) is 2.10. The summed E-state index contributed by atoms with van der Waals surface area (Å²) in [5.41, 5.74) is 4.39. The van der Waals surface area contributed by atoms with Crippen LogP contribution in [0.2, 0.25) is 0 Å². The van der Waals surface area contributed by atoms with Crippen LogP contribution in [-0.4, -0.2) is 11.6 Å². The van der Waals surface area contributed by atoms with Gasteiger partial charge in [-0.1, -0.05) is 24.3 Å². The monoisotopic (exact) mass is 316 g/mol. The number of rotatable bonds is 4. The molecule has 0 aliphatic carbocycles. The van der Waals surface area contributed by atoms with Gasteiger partial charge in [-0.3, -0.25) is 0 Å². The second-order valence-corrected chi connectivity index (χ2v) is 5.90. The second-order valence-electron chi connectivity index (χ2n) is 5.15. The molecule has 0 aromatic heterocycles. The molecule has 2 aromatic carbocycles. The number of carbonyl (C=O) groups excluding carboxylic acids is 1. The summed E-state index contributed by atoms with van der Waals surface area (Å²) in [6.45, 7) is 6.54. The van der Waals surface area contributed by atoms with Gasteiger partial charge < -0.3 is 9.47 Å². The maximum atomic E-state index is 11.4. The van der Waals surface area contributed by atoms with E-state index in [0.29, 0.717) is 12.4 Å². The summed E-state index contributed by atoms with van der Waals surface area (Å²) in [4.78, 5) is 11.4. The molecule has 0 aliphatic rings. The summed E-state index contributed by atoms with van der Waals surface area (Å²) >= 11 is 1.05. The Kier molecular flexibility index (Phi) is 5.50. The van der Waals surface area contributed by atoms with Gasteiger partial charge in [-0.2, -0.15) is 0 Å². The van der Waals surface area contributed by atoms with Crippen LogP contribution in [0, 0.1) is 20.8 Å². The fraction of sp³-hybridized carbons (Fsp3) is 0.278. The van der Waals surface area contributed by atoms with Crippen molar-refractivity contribution >= 4 is 17.1 Å². The van der Waals surface area contributed by atoms with Crippen LogP contribution in [0.15, 0.2) is 36.4 Å². The first-order valence-corrected chi connectivity index (χ1v) is 8.28. The van der Waals surface area contributed by atoms with Crippen LogP contribution >= 0.6 is 11.8 Å². The van der Waals surface area contributed by atoms with Crippen molar-refractivity contribution in [3.05, 3.63) is 58.7 Å². The van der Waals surface area contributed by atoms with E-state index in [2.05, 4.69) is 19.9 Å². The third-order valence-corrected chi connectivity index (χ3v) is 3.92. The second kappa shape index (κ2) is 7.36. The molecule has 0 heterocycles. The lowest BCUT2D eigenvalue weighted by Crippen LogP contribution is -2.05. The molecule has 3 nitrogen and oxygen atoms in total. The highest BCUT2D eigenvalue weighted by Crippen LogP contribution is 2.26. The first kappa shape index (κ1) is 16.4. The number of ether oxygens (including phenoxy) is 2. The molecule has 0 spiro atoms. The zero-order valence-corrected chi connectivity index (χ0v) is 14.1.